The van der Waals surface area contributed by atoms with Crippen molar-refractivity contribution in [3.05, 3.63) is 23.3 Å². The first kappa shape index (κ1) is 16.3. The molecule has 0 heterocycles. The second-order valence-corrected chi connectivity index (χ2v) is 4.97. The molecule has 20 heavy (non-hydrogen) atoms. The Labute approximate surface area is 120 Å². The Bertz CT molecular complexity index is 474. The van der Waals surface area contributed by atoms with Gasteiger partial charge in [0.15, 0.2) is 0 Å². The van der Waals surface area contributed by atoms with Gasteiger partial charge in [0.05, 0.1) is 12.2 Å². The Morgan fingerprint density at radius 3 is 2.65 bits per heavy atom. The third-order valence-corrected chi connectivity index (χ3v) is 3.59. The number of nitrogen functional groups attached to an aromatic ring is 1. The summed E-state index contributed by atoms with van der Waals surface area (Å²) in [5.41, 5.74) is 7.98. The average molecular weight is 280 g/mol. The molecule has 0 spiro atoms. The van der Waals surface area contributed by atoms with Crippen molar-refractivity contribution < 1.29 is 14.6 Å². The number of anilines is 2. The fourth-order valence-corrected chi connectivity index (χ4v) is 2.14. The van der Waals surface area contributed by atoms with E-state index in [2.05, 4.69) is 18.7 Å². The standard InChI is InChI=1S/C15H24N2O3/c1-5-11(3)17(6-7-20-4)12-8-10(2)14(16)13(9-12)15(18)19/h8-9,11H,5-7,16H2,1-4H3,(H,18,19). The van der Waals surface area contributed by atoms with E-state index < -0.39 is 5.97 Å². The lowest BCUT2D eigenvalue weighted by Gasteiger charge is -2.31. The minimum absolute atomic E-state index is 0.158. The molecule has 0 radical (unpaired) electrons. The maximum atomic E-state index is 11.3. The van der Waals surface area contributed by atoms with Crippen molar-refractivity contribution in [2.75, 3.05) is 30.9 Å². The topological polar surface area (TPSA) is 75.8 Å². The molecule has 0 bridgehead atoms. The third kappa shape index (κ3) is 3.63. The molecule has 0 aliphatic carbocycles. The molecule has 0 aromatic heterocycles. The molecule has 0 amide bonds. The number of benzene rings is 1. The van der Waals surface area contributed by atoms with E-state index in [0.717, 1.165) is 17.7 Å². The summed E-state index contributed by atoms with van der Waals surface area (Å²) in [6.07, 6.45) is 0.968. The molecule has 1 unspecified atom stereocenters. The van der Waals surface area contributed by atoms with Gasteiger partial charge in [-0.25, -0.2) is 4.79 Å². The third-order valence-electron chi connectivity index (χ3n) is 3.59. The van der Waals surface area contributed by atoms with Crippen LogP contribution in [0.15, 0.2) is 12.1 Å². The molecular formula is C15H24N2O3. The number of carboxylic acids is 1. The highest BCUT2D eigenvalue weighted by molar-refractivity contribution is 5.95. The van der Waals surface area contributed by atoms with Gasteiger partial charge in [-0.15, -0.1) is 0 Å². The first-order valence-electron chi connectivity index (χ1n) is 6.81. The second-order valence-electron chi connectivity index (χ2n) is 4.97. The summed E-state index contributed by atoms with van der Waals surface area (Å²) in [7, 11) is 1.66. The van der Waals surface area contributed by atoms with Gasteiger partial charge in [-0.05, 0) is 38.0 Å². The number of carboxylic acid groups (broad SMARTS) is 1. The van der Waals surface area contributed by atoms with Gasteiger partial charge in [-0.3, -0.25) is 0 Å². The highest BCUT2D eigenvalue weighted by Crippen LogP contribution is 2.27. The van der Waals surface area contributed by atoms with E-state index in [-0.39, 0.29) is 5.56 Å². The molecule has 1 aromatic carbocycles. The predicted molar refractivity (Wildman–Crippen MR) is 81.5 cm³/mol. The second kappa shape index (κ2) is 7.14. The van der Waals surface area contributed by atoms with Crippen LogP contribution in [0.3, 0.4) is 0 Å². The number of methoxy groups -OCH3 is 1. The Kier molecular flexibility index (Phi) is 5.82. The molecule has 5 nitrogen and oxygen atoms in total. The molecule has 5 heteroatoms. The summed E-state index contributed by atoms with van der Waals surface area (Å²) in [4.78, 5) is 13.4. The van der Waals surface area contributed by atoms with Crippen LogP contribution >= 0.6 is 0 Å². The van der Waals surface area contributed by atoms with Crippen LogP contribution in [-0.2, 0) is 4.74 Å². The lowest BCUT2D eigenvalue weighted by Crippen LogP contribution is -2.35. The monoisotopic (exact) mass is 280 g/mol. The van der Waals surface area contributed by atoms with Gasteiger partial charge in [-0.2, -0.15) is 0 Å². The van der Waals surface area contributed by atoms with Gasteiger partial charge >= 0.3 is 5.97 Å². The quantitative estimate of drug-likeness (QED) is 0.751. The van der Waals surface area contributed by atoms with Crippen LogP contribution in [0.1, 0.15) is 36.2 Å². The normalized spacial score (nSPS) is 12.2. The first-order valence-corrected chi connectivity index (χ1v) is 6.81. The molecule has 1 rings (SSSR count). The van der Waals surface area contributed by atoms with Gasteiger partial charge in [0, 0.05) is 31.1 Å². The van der Waals surface area contributed by atoms with Crippen molar-refractivity contribution in [3.8, 4) is 0 Å². The van der Waals surface area contributed by atoms with E-state index in [4.69, 9.17) is 10.5 Å². The van der Waals surface area contributed by atoms with Crippen molar-refractivity contribution in [2.45, 2.75) is 33.2 Å². The number of ether oxygens (including phenoxy) is 1. The summed E-state index contributed by atoms with van der Waals surface area (Å²) >= 11 is 0. The summed E-state index contributed by atoms with van der Waals surface area (Å²) in [5.74, 6) is -0.997. The van der Waals surface area contributed by atoms with Gasteiger partial charge in [0.2, 0.25) is 0 Å². The molecule has 0 aliphatic rings. The number of carbonyl (C=O) groups is 1. The molecule has 3 N–H and O–H groups in total. The molecule has 0 aliphatic heterocycles. The van der Waals surface area contributed by atoms with Crippen LogP contribution in [0, 0.1) is 6.92 Å². The van der Waals surface area contributed by atoms with Crippen molar-refractivity contribution in [2.24, 2.45) is 0 Å². The molecule has 1 aromatic rings. The maximum Gasteiger partial charge on any atom is 0.337 e. The summed E-state index contributed by atoms with van der Waals surface area (Å²) in [6, 6.07) is 3.88. The smallest absolute Gasteiger partial charge is 0.337 e. The van der Waals surface area contributed by atoms with Crippen LogP contribution in [0.2, 0.25) is 0 Å². The number of hydrogen-bond acceptors (Lipinski definition) is 4. The summed E-state index contributed by atoms with van der Waals surface area (Å²) in [5, 5.41) is 9.24. The Morgan fingerprint density at radius 1 is 1.50 bits per heavy atom. The highest BCUT2D eigenvalue weighted by atomic mass is 16.5. The highest BCUT2D eigenvalue weighted by Gasteiger charge is 2.18. The van der Waals surface area contributed by atoms with E-state index in [9.17, 15) is 9.90 Å². The summed E-state index contributed by atoms with van der Waals surface area (Å²) < 4.78 is 5.14. The van der Waals surface area contributed by atoms with Crippen molar-refractivity contribution in [1.29, 1.82) is 0 Å². The number of nitrogens with two attached hydrogens (primary N) is 1. The molecule has 0 saturated carbocycles. The van der Waals surface area contributed by atoms with Crippen LogP contribution < -0.4 is 10.6 Å². The van der Waals surface area contributed by atoms with E-state index >= 15 is 0 Å². The molecule has 0 saturated heterocycles. The largest absolute Gasteiger partial charge is 0.478 e. The first-order chi connectivity index (χ1) is 9.42. The number of aryl methyl sites for hydroxylation is 1. The van der Waals surface area contributed by atoms with Gasteiger partial charge in [0.25, 0.3) is 0 Å². The van der Waals surface area contributed by atoms with Gasteiger partial charge < -0.3 is 20.5 Å². The van der Waals surface area contributed by atoms with Crippen molar-refractivity contribution in [3.63, 3.8) is 0 Å². The molecule has 0 fully saturated rings. The van der Waals surface area contributed by atoms with Gasteiger partial charge in [0.1, 0.15) is 0 Å². The average Bonchev–Trinajstić information content (AvgIpc) is 2.41. The molecule has 1 atom stereocenters. The minimum Gasteiger partial charge on any atom is -0.478 e. The van der Waals surface area contributed by atoms with Crippen LogP contribution in [-0.4, -0.2) is 37.4 Å². The zero-order valence-corrected chi connectivity index (χ0v) is 12.6. The van der Waals surface area contributed by atoms with E-state index in [1.807, 2.05) is 13.0 Å². The van der Waals surface area contributed by atoms with Gasteiger partial charge in [-0.1, -0.05) is 6.92 Å². The van der Waals surface area contributed by atoms with Crippen LogP contribution in [0.5, 0.6) is 0 Å². The predicted octanol–water partition coefficient (Wildman–Crippen LogP) is 2.53. The zero-order chi connectivity index (χ0) is 15.3. The lowest BCUT2D eigenvalue weighted by atomic mass is 10.0. The number of rotatable bonds is 7. The SMILES string of the molecule is CCC(C)N(CCOC)c1cc(C)c(N)c(C(=O)O)c1. The fourth-order valence-electron chi connectivity index (χ4n) is 2.14. The Balaban J connectivity index is 3.22. The van der Waals surface area contributed by atoms with E-state index in [1.54, 1.807) is 13.2 Å². The minimum atomic E-state index is -0.997. The number of hydrogen-bond donors (Lipinski definition) is 2. The molecular weight excluding hydrogens is 256 g/mol. The number of aromatic carboxylic acids is 1. The number of nitrogens with zero attached hydrogens (tertiary/aromatic N) is 1. The Hall–Kier alpha value is -1.75. The molecule has 112 valence electrons. The van der Waals surface area contributed by atoms with Crippen LogP contribution in [0.25, 0.3) is 0 Å². The van der Waals surface area contributed by atoms with E-state index in [1.165, 1.54) is 0 Å². The lowest BCUT2D eigenvalue weighted by molar-refractivity contribution is 0.0698. The summed E-state index contributed by atoms with van der Waals surface area (Å²) in [6.45, 7) is 7.36. The zero-order valence-electron chi connectivity index (χ0n) is 12.6. The Morgan fingerprint density at radius 2 is 2.15 bits per heavy atom. The maximum absolute atomic E-state index is 11.3. The van der Waals surface area contributed by atoms with Crippen molar-refractivity contribution >= 4 is 17.3 Å². The van der Waals surface area contributed by atoms with Crippen LogP contribution in [0.4, 0.5) is 11.4 Å². The van der Waals surface area contributed by atoms with E-state index in [0.29, 0.717) is 24.9 Å². The fraction of sp³-hybridized carbons (Fsp3) is 0.533. The van der Waals surface area contributed by atoms with Crippen molar-refractivity contribution in [1.82, 2.24) is 0 Å².